The number of nitrogens with zero attached hydrogens (tertiary/aromatic N) is 1. The fourth-order valence-corrected chi connectivity index (χ4v) is 4.02. The minimum atomic E-state index is -0.161. The van der Waals surface area contributed by atoms with Gasteiger partial charge in [-0.2, -0.15) is 0 Å². The Hall–Kier alpha value is -0.450. The molecule has 0 bridgehead atoms. The van der Waals surface area contributed by atoms with Gasteiger partial charge in [-0.25, -0.2) is 4.39 Å². The van der Waals surface area contributed by atoms with E-state index in [0.717, 1.165) is 35.6 Å². The Morgan fingerprint density at radius 1 is 1.32 bits per heavy atom. The Labute approximate surface area is 122 Å². The molecule has 3 atom stereocenters. The van der Waals surface area contributed by atoms with Crippen LogP contribution in [0.3, 0.4) is 0 Å². The maximum absolute atomic E-state index is 13.3. The first kappa shape index (κ1) is 13.5. The molecule has 2 fully saturated rings. The molecule has 19 heavy (non-hydrogen) atoms. The third-order valence-corrected chi connectivity index (χ3v) is 5.40. The number of benzene rings is 1. The lowest BCUT2D eigenvalue weighted by Crippen LogP contribution is -2.38. The number of halogens is 2. The molecule has 2 nitrogen and oxygen atoms in total. The van der Waals surface area contributed by atoms with Crippen molar-refractivity contribution in [3.8, 4) is 0 Å². The van der Waals surface area contributed by atoms with E-state index in [2.05, 4.69) is 20.8 Å². The molecule has 0 aromatic heterocycles. The Kier molecular flexibility index (Phi) is 3.92. The third-order valence-electron chi connectivity index (χ3n) is 4.63. The van der Waals surface area contributed by atoms with Crippen LogP contribution < -0.4 is 5.73 Å². The normalized spacial score (nSPS) is 31.4. The summed E-state index contributed by atoms with van der Waals surface area (Å²) in [6.45, 7) is 2.99. The highest BCUT2D eigenvalue weighted by molar-refractivity contribution is 9.10. The largest absolute Gasteiger partial charge is 0.327 e. The Morgan fingerprint density at radius 3 is 2.95 bits per heavy atom. The SMILES string of the molecule is NC1CCCC2CN(Cc3cc(F)ccc3Br)CC12. The van der Waals surface area contributed by atoms with Crippen molar-refractivity contribution in [3.05, 3.63) is 34.1 Å². The Balaban J connectivity index is 1.70. The molecular formula is C15H20BrFN2. The van der Waals surface area contributed by atoms with Gasteiger partial charge in [0.1, 0.15) is 5.82 Å². The lowest BCUT2D eigenvalue weighted by atomic mass is 9.78. The van der Waals surface area contributed by atoms with Gasteiger partial charge in [-0.3, -0.25) is 4.90 Å². The van der Waals surface area contributed by atoms with Gasteiger partial charge in [0.25, 0.3) is 0 Å². The van der Waals surface area contributed by atoms with Gasteiger partial charge in [0, 0.05) is 30.1 Å². The van der Waals surface area contributed by atoms with Gasteiger partial charge in [0.15, 0.2) is 0 Å². The van der Waals surface area contributed by atoms with E-state index in [1.165, 1.54) is 25.3 Å². The number of nitrogens with two attached hydrogens (primary N) is 1. The van der Waals surface area contributed by atoms with Gasteiger partial charge < -0.3 is 5.73 Å². The average molecular weight is 327 g/mol. The van der Waals surface area contributed by atoms with Gasteiger partial charge in [0.2, 0.25) is 0 Å². The van der Waals surface area contributed by atoms with Crippen molar-refractivity contribution in [2.24, 2.45) is 17.6 Å². The summed E-state index contributed by atoms with van der Waals surface area (Å²) in [5.41, 5.74) is 7.27. The molecule has 1 aromatic rings. The van der Waals surface area contributed by atoms with Gasteiger partial charge in [0.05, 0.1) is 0 Å². The maximum Gasteiger partial charge on any atom is 0.123 e. The van der Waals surface area contributed by atoms with Gasteiger partial charge in [-0.15, -0.1) is 0 Å². The van der Waals surface area contributed by atoms with Crippen LogP contribution in [0.5, 0.6) is 0 Å². The zero-order chi connectivity index (χ0) is 13.4. The maximum atomic E-state index is 13.3. The number of fused-ring (bicyclic) bond motifs is 1. The minimum absolute atomic E-state index is 0.161. The molecule has 3 unspecified atom stereocenters. The molecule has 1 aliphatic carbocycles. The lowest BCUT2D eigenvalue weighted by Gasteiger charge is -2.29. The van der Waals surface area contributed by atoms with Crippen LogP contribution in [0.2, 0.25) is 0 Å². The first-order chi connectivity index (χ1) is 9.13. The van der Waals surface area contributed by atoms with Crippen molar-refractivity contribution in [2.45, 2.75) is 31.8 Å². The van der Waals surface area contributed by atoms with Crippen molar-refractivity contribution >= 4 is 15.9 Å². The highest BCUT2D eigenvalue weighted by Gasteiger charge is 2.38. The molecule has 3 rings (SSSR count). The fraction of sp³-hybridized carbons (Fsp3) is 0.600. The van der Waals surface area contributed by atoms with Crippen LogP contribution in [0.4, 0.5) is 4.39 Å². The van der Waals surface area contributed by atoms with Crippen molar-refractivity contribution in [1.82, 2.24) is 4.90 Å². The lowest BCUT2D eigenvalue weighted by molar-refractivity contribution is 0.259. The summed E-state index contributed by atoms with van der Waals surface area (Å²) in [5.74, 6) is 1.23. The third kappa shape index (κ3) is 2.86. The van der Waals surface area contributed by atoms with Crippen LogP contribution in [0, 0.1) is 17.7 Å². The van der Waals surface area contributed by atoms with Crippen LogP contribution in [0.15, 0.2) is 22.7 Å². The second-order valence-corrected chi connectivity index (χ2v) is 6.80. The zero-order valence-electron chi connectivity index (χ0n) is 11.0. The summed E-state index contributed by atoms with van der Waals surface area (Å²) in [6.07, 6.45) is 3.73. The summed E-state index contributed by atoms with van der Waals surface area (Å²) in [4.78, 5) is 2.43. The Morgan fingerprint density at radius 2 is 2.16 bits per heavy atom. The molecule has 2 N–H and O–H groups in total. The molecule has 1 aliphatic heterocycles. The fourth-order valence-electron chi connectivity index (χ4n) is 3.64. The molecule has 0 spiro atoms. The second-order valence-electron chi connectivity index (χ2n) is 5.95. The van der Waals surface area contributed by atoms with Crippen molar-refractivity contribution in [3.63, 3.8) is 0 Å². The van der Waals surface area contributed by atoms with Gasteiger partial charge in [-0.05, 0) is 48.4 Å². The molecular weight excluding hydrogens is 307 g/mol. The molecule has 2 aliphatic rings. The highest BCUT2D eigenvalue weighted by Crippen LogP contribution is 2.36. The van der Waals surface area contributed by atoms with Crippen LogP contribution in [0.1, 0.15) is 24.8 Å². The van der Waals surface area contributed by atoms with Gasteiger partial charge >= 0.3 is 0 Å². The minimum Gasteiger partial charge on any atom is -0.327 e. The first-order valence-electron chi connectivity index (χ1n) is 7.05. The standard InChI is InChI=1S/C15H20BrFN2/c16-14-5-4-12(17)6-11(14)8-19-7-10-2-1-3-15(18)13(10)9-19/h4-6,10,13,15H,1-3,7-9,18H2. The molecule has 1 saturated heterocycles. The number of likely N-dealkylation sites (tertiary alicyclic amines) is 1. The summed E-state index contributed by atoms with van der Waals surface area (Å²) in [5, 5.41) is 0. The van der Waals surface area contributed by atoms with E-state index in [0.29, 0.717) is 12.0 Å². The van der Waals surface area contributed by atoms with Gasteiger partial charge in [-0.1, -0.05) is 22.4 Å². The molecule has 1 saturated carbocycles. The monoisotopic (exact) mass is 326 g/mol. The summed E-state index contributed by atoms with van der Waals surface area (Å²) < 4.78 is 14.3. The summed E-state index contributed by atoms with van der Waals surface area (Å²) in [7, 11) is 0. The quantitative estimate of drug-likeness (QED) is 0.904. The van der Waals surface area contributed by atoms with E-state index < -0.39 is 0 Å². The van der Waals surface area contributed by atoms with E-state index in [1.807, 2.05) is 0 Å². The van der Waals surface area contributed by atoms with E-state index >= 15 is 0 Å². The predicted molar refractivity (Wildman–Crippen MR) is 78.2 cm³/mol. The van der Waals surface area contributed by atoms with Crippen LogP contribution in [-0.4, -0.2) is 24.0 Å². The number of hydrogen-bond acceptors (Lipinski definition) is 2. The zero-order valence-corrected chi connectivity index (χ0v) is 12.6. The van der Waals surface area contributed by atoms with E-state index in [-0.39, 0.29) is 5.82 Å². The molecule has 1 aromatic carbocycles. The van der Waals surface area contributed by atoms with Crippen LogP contribution >= 0.6 is 15.9 Å². The molecule has 0 radical (unpaired) electrons. The summed E-state index contributed by atoms with van der Waals surface area (Å²) in [6, 6.07) is 5.28. The number of hydrogen-bond donors (Lipinski definition) is 1. The predicted octanol–water partition coefficient (Wildman–Crippen LogP) is 3.15. The van der Waals surface area contributed by atoms with E-state index in [4.69, 9.17) is 5.73 Å². The van der Waals surface area contributed by atoms with Crippen molar-refractivity contribution in [1.29, 1.82) is 0 Å². The topological polar surface area (TPSA) is 29.3 Å². The summed E-state index contributed by atoms with van der Waals surface area (Å²) >= 11 is 3.51. The molecule has 104 valence electrons. The van der Waals surface area contributed by atoms with Crippen molar-refractivity contribution in [2.75, 3.05) is 13.1 Å². The smallest absolute Gasteiger partial charge is 0.123 e. The van der Waals surface area contributed by atoms with Crippen LogP contribution in [0.25, 0.3) is 0 Å². The van der Waals surface area contributed by atoms with E-state index in [1.54, 1.807) is 12.1 Å². The molecule has 1 heterocycles. The highest BCUT2D eigenvalue weighted by atomic mass is 79.9. The van der Waals surface area contributed by atoms with E-state index in [9.17, 15) is 4.39 Å². The number of rotatable bonds is 2. The second kappa shape index (κ2) is 5.51. The average Bonchev–Trinajstić information content (AvgIpc) is 2.78. The van der Waals surface area contributed by atoms with Crippen LogP contribution in [-0.2, 0) is 6.54 Å². The first-order valence-corrected chi connectivity index (χ1v) is 7.84. The van der Waals surface area contributed by atoms with Crippen molar-refractivity contribution < 1.29 is 4.39 Å². The Bertz CT molecular complexity index is 465. The molecule has 0 amide bonds. The molecule has 4 heteroatoms.